The molecule has 2 rings (SSSR count). The second-order valence-corrected chi connectivity index (χ2v) is 5.32. The van der Waals surface area contributed by atoms with Crippen LogP contribution < -0.4 is 5.32 Å². The van der Waals surface area contributed by atoms with E-state index >= 15 is 0 Å². The molecule has 0 aromatic heterocycles. The number of carbonyl (C=O) groups is 3. The molecule has 0 unspecified atom stereocenters. The first-order valence-corrected chi connectivity index (χ1v) is 6.98. The summed E-state index contributed by atoms with van der Waals surface area (Å²) in [6.07, 6.45) is 5.14. The number of ketones is 1. The zero-order valence-corrected chi connectivity index (χ0v) is 12.1. The lowest BCUT2D eigenvalue weighted by molar-refractivity contribution is -0.150. The quantitative estimate of drug-likeness (QED) is 0.452. The maximum atomic E-state index is 12.5. The van der Waals surface area contributed by atoms with Gasteiger partial charge in [-0.3, -0.25) is 14.4 Å². The molecular weight excluding hydrogens is 294 g/mol. The van der Waals surface area contributed by atoms with Gasteiger partial charge in [0.2, 0.25) is 5.91 Å². The smallest absolute Gasteiger partial charge is 0.293 e. The average Bonchev–Trinajstić information content (AvgIpc) is 2.73. The molecule has 3 atom stereocenters. The van der Waals surface area contributed by atoms with Gasteiger partial charge in [0.1, 0.15) is 11.6 Å². The van der Waals surface area contributed by atoms with Gasteiger partial charge in [-0.05, 0) is 25.5 Å². The van der Waals surface area contributed by atoms with E-state index in [1.807, 2.05) is 0 Å². The van der Waals surface area contributed by atoms with Crippen LogP contribution >= 0.6 is 11.6 Å². The summed E-state index contributed by atoms with van der Waals surface area (Å²) in [5.74, 6) is -1.16. The molecule has 0 bridgehead atoms. The number of amides is 1. The number of nitrogens with one attached hydrogen (secondary N) is 1. The van der Waals surface area contributed by atoms with E-state index < -0.39 is 17.6 Å². The minimum Gasteiger partial charge on any atom is -0.458 e. The topological polar surface area (TPSA) is 72.5 Å². The zero-order chi connectivity index (χ0) is 15.5. The Hall–Kier alpha value is -2.06. The molecule has 1 saturated heterocycles. The van der Waals surface area contributed by atoms with Gasteiger partial charge >= 0.3 is 0 Å². The molecule has 0 spiro atoms. The van der Waals surface area contributed by atoms with Gasteiger partial charge in [0.15, 0.2) is 5.78 Å². The van der Waals surface area contributed by atoms with Crippen molar-refractivity contribution in [2.24, 2.45) is 5.92 Å². The van der Waals surface area contributed by atoms with Gasteiger partial charge in [0, 0.05) is 5.88 Å². The normalized spacial score (nSPS) is 30.0. The molecular formula is C15H14ClNO4. The van der Waals surface area contributed by atoms with Crippen molar-refractivity contribution >= 4 is 29.8 Å². The Morgan fingerprint density at radius 2 is 2.38 bits per heavy atom. The number of carbonyl (C=O) groups excluding carboxylic acids is 3. The predicted octanol–water partition coefficient (Wildman–Crippen LogP) is 1.04. The van der Waals surface area contributed by atoms with Crippen molar-refractivity contribution in [2.75, 3.05) is 5.88 Å². The molecule has 2 aliphatic rings. The molecule has 1 aliphatic carbocycles. The number of allylic oxidation sites excluding steroid dienone is 3. The molecule has 0 aromatic carbocycles. The lowest BCUT2D eigenvalue weighted by Gasteiger charge is -2.31. The maximum Gasteiger partial charge on any atom is 0.293 e. The lowest BCUT2D eigenvalue weighted by atomic mass is 9.81. The number of hydrogen-bond donors (Lipinski definition) is 1. The van der Waals surface area contributed by atoms with E-state index in [-0.39, 0.29) is 29.6 Å². The summed E-state index contributed by atoms with van der Waals surface area (Å²) in [6.45, 7) is 1.81. The second-order valence-electron chi connectivity index (χ2n) is 4.94. The Kier molecular flexibility index (Phi) is 4.49. The number of alkyl halides is 1. The van der Waals surface area contributed by atoms with Crippen LogP contribution in [-0.4, -0.2) is 35.7 Å². The van der Waals surface area contributed by atoms with Gasteiger partial charge in [0.05, 0.1) is 11.5 Å². The van der Waals surface area contributed by atoms with Crippen molar-refractivity contribution < 1.29 is 19.1 Å². The van der Waals surface area contributed by atoms with Gasteiger partial charge in [-0.15, -0.1) is 11.6 Å². The highest BCUT2D eigenvalue weighted by Crippen LogP contribution is 2.35. The summed E-state index contributed by atoms with van der Waals surface area (Å²) in [5, 5.41) is 2.60. The van der Waals surface area contributed by atoms with Crippen LogP contribution in [0.2, 0.25) is 0 Å². The Balaban J connectivity index is 2.38. The van der Waals surface area contributed by atoms with Crippen LogP contribution in [0.5, 0.6) is 0 Å². The molecule has 5 nitrogen and oxygen atoms in total. The van der Waals surface area contributed by atoms with Gasteiger partial charge in [-0.1, -0.05) is 17.5 Å². The number of hydrogen-bond acceptors (Lipinski definition) is 4. The zero-order valence-electron chi connectivity index (χ0n) is 11.4. The molecule has 1 N–H and O–H groups in total. The molecule has 0 aromatic rings. The monoisotopic (exact) mass is 307 g/mol. The summed E-state index contributed by atoms with van der Waals surface area (Å²) < 4.78 is 5.11. The first-order chi connectivity index (χ1) is 10.0. The van der Waals surface area contributed by atoms with E-state index in [4.69, 9.17) is 16.3 Å². The Bertz CT molecular complexity index is 611. The van der Waals surface area contributed by atoms with E-state index in [1.165, 1.54) is 0 Å². The first-order valence-electron chi connectivity index (χ1n) is 6.45. The largest absolute Gasteiger partial charge is 0.458 e. The molecule has 1 aliphatic heterocycles. The molecule has 110 valence electrons. The van der Waals surface area contributed by atoms with Crippen molar-refractivity contribution in [3.63, 3.8) is 0 Å². The fraction of sp³-hybridized carbons (Fsp3) is 0.400. The van der Waals surface area contributed by atoms with Crippen molar-refractivity contribution in [1.82, 2.24) is 5.32 Å². The minimum atomic E-state index is -1.27. The van der Waals surface area contributed by atoms with E-state index in [0.29, 0.717) is 6.42 Å². The van der Waals surface area contributed by atoms with Gasteiger partial charge < -0.3 is 10.1 Å². The molecule has 0 saturated carbocycles. The van der Waals surface area contributed by atoms with Crippen molar-refractivity contribution in [2.45, 2.75) is 25.0 Å². The number of Topliss-reactive ketones (excluding diaryl/α,β-unsaturated/α-hetero) is 1. The van der Waals surface area contributed by atoms with Crippen LogP contribution in [0.25, 0.3) is 0 Å². The third kappa shape index (κ3) is 2.72. The van der Waals surface area contributed by atoms with Crippen LogP contribution in [0.3, 0.4) is 0 Å². The van der Waals surface area contributed by atoms with Gasteiger partial charge in [0.25, 0.3) is 6.47 Å². The lowest BCUT2D eigenvalue weighted by Crippen LogP contribution is -2.50. The molecule has 0 radical (unpaired) electrons. The Morgan fingerprint density at radius 1 is 1.62 bits per heavy atom. The summed E-state index contributed by atoms with van der Waals surface area (Å²) in [6, 6.07) is -0.963. The average molecular weight is 308 g/mol. The highest BCUT2D eigenvalue weighted by atomic mass is 35.5. The maximum absolute atomic E-state index is 12.5. The van der Waals surface area contributed by atoms with Crippen LogP contribution in [0, 0.1) is 5.92 Å². The van der Waals surface area contributed by atoms with Crippen LogP contribution in [0.4, 0.5) is 0 Å². The Morgan fingerprint density at radius 3 is 2.95 bits per heavy atom. The fourth-order valence-corrected chi connectivity index (χ4v) is 2.83. The summed E-state index contributed by atoms with van der Waals surface area (Å²) in [5.41, 5.74) is 4.38. The molecule has 6 heteroatoms. The summed E-state index contributed by atoms with van der Waals surface area (Å²) >= 11 is 5.70. The first kappa shape index (κ1) is 15.3. The third-order valence-corrected chi connectivity index (χ3v) is 3.96. The summed E-state index contributed by atoms with van der Waals surface area (Å²) in [7, 11) is 0. The van der Waals surface area contributed by atoms with Crippen LogP contribution in [0.1, 0.15) is 13.3 Å². The minimum absolute atomic E-state index is 0.224. The van der Waals surface area contributed by atoms with Crippen LogP contribution in [-0.2, 0) is 19.1 Å². The van der Waals surface area contributed by atoms with E-state index in [0.717, 1.165) is 0 Å². The SMILES string of the molecule is C[C@@]1(OC=O)[C@@H](C(=O)C2=C=C=CC=C2)NC(=O)[C@@H]1CCCl. The van der Waals surface area contributed by atoms with E-state index in [2.05, 4.69) is 16.8 Å². The molecule has 1 amide bonds. The van der Waals surface area contributed by atoms with E-state index in [1.54, 1.807) is 25.2 Å². The summed E-state index contributed by atoms with van der Waals surface area (Å²) in [4.78, 5) is 35.4. The highest BCUT2D eigenvalue weighted by Gasteiger charge is 2.56. The van der Waals surface area contributed by atoms with Gasteiger partial charge in [-0.25, -0.2) is 0 Å². The third-order valence-electron chi connectivity index (χ3n) is 3.74. The fourth-order valence-electron chi connectivity index (χ4n) is 2.61. The highest BCUT2D eigenvalue weighted by molar-refractivity contribution is 6.18. The number of halogens is 1. The second kappa shape index (κ2) is 6.15. The van der Waals surface area contributed by atoms with Crippen molar-refractivity contribution in [1.29, 1.82) is 0 Å². The number of rotatable bonds is 6. The standard InChI is InChI=1S/C15H14ClNO4/c1-15(21-9-18)11(7-8-16)14(20)17-13(15)12(19)10-5-3-2-4-6-10/h2-3,5,9,11,13H,7-8H2,1H3,(H,17,20)/t11-,13+,15-/m0/s1. The van der Waals surface area contributed by atoms with Crippen molar-refractivity contribution in [3.8, 4) is 0 Å². The van der Waals surface area contributed by atoms with Crippen molar-refractivity contribution in [3.05, 3.63) is 35.3 Å². The predicted molar refractivity (Wildman–Crippen MR) is 75.6 cm³/mol. The molecule has 21 heavy (non-hydrogen) atoms. The van der Waals surface area contributed by atoms with Gasteiger partial charge in [-0.2, -0.15) is 0 Å². The van der Waals surface area contributed by atoms with Crippen LogP contribution in [0.15, 0.2) is 35.3 Å². The molecule has 1 fully saturated rings. The number of ether oxygens (including phenoxy) is 1. The molecule has 1 heterocycles. The Labute approximate surface area is 127 Å². The van der Waals surface area contributed by atoms with E-state index in [9.17, 15) is 14.4 Å².